The Bertz CT molecular complexity index is 1580. The third-order valence-electron chi connectivity index (χ3n) is 7.05. The highest BCUT2D eigenvalue weighted by Crippen LogP contribution is 2.36. The van der Waals surface area contributed by atoms with Gasteiger partial charge in [-0.2, -0.15) is 0 Å². The van der Waals surface area contributed by atoms with E-state index in [1.165, 1.54) is 29.9 Å². The van der Waals surface area contributed by atoms with E-state index in [2.05, 4.69) is 45.1 Å². The van der Waals surface area contributed by atoms with E-state index in [0.29, 0.717) is 32.8 Å². The molecule has 39 heavy (non-hydrogen) atoms. The molecule has 0 saturated carbocycles. The van der Waals surface area contributed by atoms with Crippen molar-refractivity contribution in [2.45, 2.75) is 45.6 Å². The van der Waals surface area contributed by atoms with Gasteiger partial charge in [0, 0.05) is 18.8 Å². The Balaban J connectivity index is 1.66. The minimum atomic E-state index is -0.663. The lowest BCUT2D eigenvalue weighted by atomic mass is 9.94. The summed E-state index contributed by atoms with van der Waals surface area (Å²) in [7, 11) is 1.60. The largest absolute Gasteiger partial charge is 0.496 e. The minimum Gasteiger partial charge on any atom is -0.496 e. The Labute approximate surface area is 240 Å². The summed E-state index contributed by atoms with van der Waals surface area (Å²) >= 11 is 4.92. The van der Waals surface area contributed by atoms with Crippen LogP contribution in [0.3, 0.4) is 0 Å². The van der Waals surface area contributed by atoms with Gasteiger partial charge in [-0.25, -0.2) is 9.79 Å². The van der Waals surface area contributed by atoms with Crippen molar-refractivity contribution in [3.63, 3.8) is 0 Å². The maximum atomic E-state index is 13.9. The van der Waals surface area contributed by atoms with Crippen molar-refractivity contribution < 1.29 is 14.3 Å². The van der Waals surface area contributed by atoms with Crippen LogP contribution in [0.2, 0.25) is 0 Å². The Kier molecular flexibility index (Phi) is 8.37. The van der Waals surface area contributed by atoms with E-state index in [1.54, 1.807) is 18.6 Å². The summed E-state index contributed by atoms with van der Waals surface area (Å²) in [5.74, 6) is 0.215. The van der Waals surface area contributed by atoms with Crippen molar-refractivity contribution in [3.05, 3.63) is 89.0 Å². The van der Waals surface area contributed by atoms with E-state index >= 15 is 0 Å². The van der Waals surface area contributed by atoms with Crippen LogP contribution in [0.5, 0.6) is 5.75 Å². The van der Waals surface area contributed by atoms with E-state index in [1.807, 2.05) is 31.2 Å². The van der Waals surface area contributed by atoms with Crippen LogP contribution in [0.4, 0.5) is 5.69 Å². The van der Waals surface area contributed by atoms with E-state index in [-0.39, 0.29) is 12.2 Å². The van der Waals surface area contributed by atoms with Crippen molar-refractivity contribution in [1.29, 1.82) is 0 Å². The molecule has 204 valence electrons. The molecule has 5 rings (SSSR count). The highest BCUT2D eigenvalue weighted by atomic mass is 79.9. The number of carbonyl (C=O) groups is 1. The number of esters is 1. The maximum absolute atomic E-state index is 13.9. The molecule has 1 saturated heterocycles. The average molecular weight is 611 g/mol. The molecule has 9 heteroatoms. The molecule has 0 aliphatic carbocycles. The highest BCUT2D eigenvalue weighted by molar-refractivity contribution is 9.10. The van der Waals surface area contributed by atoms with Crippen LogP contribution < -0.4 is 24.5 Å². The predicted octanol–water partition coefficient (Wildman–Crippen LogP) is 4.95. The first-order valence-electron chi connectivity index (χ1n) is 13.4. The van der Waals surface area contributed by atoms with E-state index in [4.69, 9.17) is 14.5 Å². The fourth-order valence-corrected chi connectivity index (χ4v) is 6.78. The molecule has 3 aromatic rings. The number of fused-ring (bicyclic) bond motifs is 1. The van der Waals surface area contributed by atoms with E-state index in [9.17, 15) is 9.59 Å². The van der Waals surface area contributed by atoms with Gasteiger partial charge in [0.15, 0.2) is 4.80 Å². The fraction of sp³-hybridized carbons (Fsp3) is 0.367. The van der Waals surface area contributed by atoms with Crippen LogP contribution in [0, 0.1) is 0 Å². The van der Waals surface area contributed by atoms with Gasteiger partial charge in [-0.15, -0.1) is 0 Å². The van der Waals surface area contributed by atoms with Gasteiger partial charge < -0.3 is 14.4 Å². The van der Waals surface area contributed by atoms with Crippen LogP contribution in [-0.2, 0) is 9.53 Å². The summed E-state index contributed by atoms with van der Waals surface area (Å²) in [5, 5.41) is 0. The predicted molar refractivity (Wildman–Crippen MR) is 158 cm³/mol. The number of thiazole rings is 1. The third-order valence-corrected chi connectivity index (χ3v) is 8.65. The molecule has 0 radical (unpaired) electrons. The normalized spacial score (nSPS) is 17.3. The molecule has 2 aliphatic heterocycles. The highest BCUT2D eigenvalue weighted by Gasteiger charge is 2.34. The summed E-state index contributed by atoms with van der Waals surface area (Å²) in [6.07, 6.45) is 5.77. The molecule has 0 N–H and O–H groups in total. The van der Waals surface area contributed by atoms with Crippen LogP contribution in [0.1, 0.15) is 56.7 Å². The molecule has 1 atom stereocenters. The number of hydrogen-bond acceptors (Lipinski definition) is 7. The zero-order valence-electron chi connectivity index (χ0n) is 22.4. The number of benzene rings is 2. The Hall–Kier alpha value is -3.17. The van der Waals surface area contributed by atoms with Crippen molar-refractivity contribution in [2.75, 3.05) is 31.7 Å². The summed E-state index contributed by atoms with van der Waals surface area (Å²) < 4.78 is 13.8. The molecule has 2 aliphatic rings. The Morgan fingerprint density at radius 1 is 1.15 bits per heavy atom. The first kappa shape index (κ1) is 27.4. The zero-order chi connectivity index (χ0) is 27.5. The molecule has 0 amide bonds. The lowest BCUT2D eigenvalue weighted by molar-refractivity contribution is -0.139. The number of ether oxygens (including phenoxy) is 2. The van der Waals surface area contributed by atoms with Gasteiger partial charge in [-0.1, -0.05) is 42.9 Å². The standard InChI is InChI=1S/C30H32BrN3O4S/c1-4-8-23-26(29(36)38-5-2)27(20-11-14-24(37-3)22(31)18-20)34-28(35)25(39-30(34)32-23)17-19-9-12-21(13-10-19)33-15-6-7-16-33/h9-14,17-18,27H,4-8,15-16H2,1-3H3/b25-17+/t27-/m0/s1. The number of carbonyl (C=O) groups excluding carboxylic acids is 1. The Morgan fingerprint density at radius 2 is 1.90 bits per heavy atom. The molecular weight excluding hydrogens is 578 g/mol. The second kappa shape index (κ2) is 11.9. The van der Waals surface area contributed by atoms with Gasteiger partial charge >= 0.3 is 5.97 Å². The summed E-state index contributed by atoms with van der Waals surface area (Å²) in [4.78, 5) is 35.1. The number of methoxy groups -OCH3 is 1. The molecular formula is C30H32BrN3O4S. The van der Waals surface area contributed by atoms with E-state index in [0.717, 1.165) is 35.1 Å². The number of allylic oxidation sites excluding steroid dienone is 1. The maximum Gasteiger partial charge on any atom is 0.338 e. The van der Waals surface area contributed by atoms with Crippen LogP contribution in [-0.4, -0.2) is 37.3 Å². The second-order valence-corrected chi connectivity index (χ2v) is 11.5. The minimum absolute atomic E-state index is 0.184. The number of aromatic nitrogens is 1. The van der Waals surface area contributed by atoms with Crippen molar-refractivity contribution in [2.24, 2.45) is 4.99 Å². The first-order chi connectivity index (χ1) is 18.9. The lowest BCUT2D eigenvalue weighted by Crippen LogP contribution is -2.40. The summed E-state index contributed by atoms with van der Waals surface area (Å²) in [6, 6.07) is 13.3. The molecule has 2 aromatic carbocycles. The van der Waals surface area contributed by atoms with Crippen molar-refractivity contribution in [1.82, 2.24) is 4.57 Å². The van der Waals surface area contributed by atoms with Gasteiger partial charge in [0.25, 0.3) is 5.56 Å². The molecule has 1 fully saturated rings. The quantitative estimate of drug-likeness (QED) is 0.338. The van der Waals surface area contributed by atoms with Crippen LogP contribution in [0.15, 0.2) is 68.0 Å². The smallest absolute Gasteiger partial charge is 0.338 e. The van der Waals surface area contributed by atoms with Gasteiger partial charge in [0.2, 0.25) is 0 Å². The summed E-state index contributed by atoms with van der Waals surface area (Å²) in [6.45, 7) is 6.23. The first-order valence-corrected chi connectivity index (χ1v) is 15.0. The lowest BCUT2D eigenvalue weighted by Gasteiger charge is -2.26. The van der Waals surface area contributed by atoms with Gasteiger partial charge in [-0.3, -0.25) is 9.36 Å². The number of halogens is 1. The number of hydrogen-bond donors (Lipinski definition) is 0. The van der Waals surface area contributed by atoms with Gasteiger partial charge in [-0.05, 0) is 83.6 Å². The number of nitrogens with zero attached hydrogens (tertiary/aromatic N) is 3. The van der Waals surface area contributed by atoms with Gasteiger partial charge in [0.1, 0.15) is 5.75 Å². The monoisotopic (exact) mass is 609 g/mol. The van der Waals surface area contributed by atoms with Crippen molar-refractivity contribution >= 4 is 45.0 Å². The number of rotatable bonds is 8. The van der Waals surface area contributed by atoms with Crippen LogP contribution >= 0.6 is 27.3 Å². The van der Waals surface area contributed by atoms with Crippen LogP contribution in [0.25, 0.3) is 6.08 Å². The molecule has 0 unspecified atom stereocenters. The van der Waals surface area contributed by atoms with Crippen molar-refractivity contribution in [3.8, 4) is 5.75 Å². The van der Waals surface area contributed by atoms with Gasteiger partial charge in [0.05, 0.1) is 40.0 Å². The molecule has 7 nitrogen and oxygen atoms in total. The Morgan fingerprint density at radius 3 is 2.54 bits per heavy atom. The molecule has 0 spiro atoms. The third kappa shape index (κ3) is 5.47. The zero-order valence-corrected chi connectivity index (χ0v) is 24.8. The average Bonchev–Trinajstić information content (AvgIpc) is 3.57. The second-order valence-electron chi connectivity index (χ2n) is 9.59. The molecule has 1 aromatic heterocycles. The topological polar surface area (TPSA) is 73.1 Å². The molecule has 3 heterocycles. The number of anilines is 1. The van der Waals surface area contributed by atoms with E-state index < -0.39 is 12.0 Å². The molecule has 0 bridgehead atoms. The summed E-state index contributed by atoms with van der Waals surface area (Å²) in [5.41, 5.74) is 3.82. The fourth-order valence-electron chi connectivity index (χ4n) is 5.20. The SMILES string of the molecule is CCCC1=C(C(=O)OCC)[C@H](c2ccc(OC)c(Br)c2)n2c(s/c(=C/c3ccc(N4CCCC4)cc3)c2=O)=N1.